The van der Waals surface area contributed by atoms with Crippen LogP contribution >= 0.6 is 0 Å². The lowest BCUT2D eigenvalue weighted by Crippen LogP contribution is -2.24. The molecule has 9 nitrogen and oxygen atoms in total. The highest BCUT2D eigenvalue weighted by molar-refractivity contribution is 5.50. The van der Waals surface area contributed by atoms with Crippen molar-refractivity contribution in [1.29, 1.82) is 0 Å². The van der Waals surface area contributed by atoms with E-state index in [0.29, 0.717) is 11.3 Å². The fourth-order valence-corrected chi connectivity index (χ4v) is 1.81. The summed E-state index contributed by atoms with van der Waals surface area (Å²) in [6.07, 6.45) is -0.162. The predicted molar refractivity (Wildman–Crippen MR) is 74.4 cm³/mol. The van der Waals surface area contributed by atoms with Crippen molar-refractivity contribution >= 4 is 0 Å². The van der Waals surface area contributed by atoms with Gasteiger partial charge in [-0.25, -0.2) is 4.79 Å². The van der Waals surface area contributed by atoms with Crippen LogP contribution < -0.4 is 10.4 Å². The average Bonchev–Trinajstić information content (AvgIpc) is 3.07. The lowest BCUT2D eigenvalue weighted by atomic mass is 10.2. The van der Waals surface area contributed by atoms with E-state index >= 15 is 0 Å². The van der Waals surface area contributed by atoms with Crippen LogP contribution in [0, 0.1) is 0 Å². The minimum Gasteiger partial charge on any atom is -0.467 e. The summed E-state index contributed by atoms with van der Waals surface area (Å²) in [6, 6.07) is 3.14. The van der Waals surface area contributed by atoms with Crippen molar-refractivity contribution in [2.24, 2.45) is 0 Å². The number of aromatic nitrogens is 6. The maximum absolute atomic E-state index is 12.4. The number of hydrogen-bond donors (Lipinski definition) is 0. The quantitative estimate of drug-likeness (QED) is 0.681. The van der Waals surface area contributed by atoms with E-state index in [-0.39, 0.29) is 18.4 Å². The van der Waals surface area contributed by atoms with Gasteiger partial charge in [0.2, 0.25) is 5.89 Å². The zero-order valence-electron chi connectivity index (χ0n) is 12.3. The third kappa shape index (κ3) is 3.24. The molecule has 3 aromatic heterocycles. The molecule has 124 valence electrons. The molecule has 3 rings (SSSR count). The average molecular weight is 336 g/mol. The summed E-state index contributed by atoms with van der Waals surface area (Å²) < 4.78 is 35.7. The smallest absolute Gasteiger partial charge is 0.353 e. The van der Waals surface area contributed by atoms with E-state index < -0.39 is 18.0 Å². The molecule has 3 aromatic rings. The molecule has 24 heavy (non-hydrogen) atoms. The Hall–Kier alpha value is -3.24. The standard InChI is InChI=1S/C13H10F2N6O3/c1-23-12-17-6-21(13(22)18-12)5-8-3-2-7(4-16-8)10-19-20-11(24-10)9(14)15/h2-4,6,9H,5H2,1H3. The maximum Gasteiger partial charge on any atom is 0.353 e. The van der Waals surface area contributed by atoms with E-state index in [2.05, 4.69) is 25.1 Å². The second-order valence-corrected chi connectivity index (χ2v) is 4.54. The van der Waals surface area contributed by atoms with Gasteiger partial charge in [-0.2, -0.15) is 13.8 Å². The molecule has 0 aromatic carbocycles. The first-order valence-electron chi connectivity index (χ1n) is 6.61. The van der Waals surface area contributed by atoms with Crippen molar-refractivity contribution in [2.75, 3.05) is 7.11 Å². The molecule has 0 aliphatic rings. The number of hydrogen-bond acceptors (Lipinski definition) is 8. The van der Waals surface area contributed by atoms with Crippen LogP contribution in [0.4, 0.5) is 8.78 Å². The molecule has 0 N–H and O–H groups in total. The summed E-state index contributed by atoms with van der Waals surface area (Å²) in [4.78, 5) is 23.3. The lowest BCUT2D eigenvalue weighted by Gasteiger charge is -2.04. The van der Waals surface area contributed by atoms with Crippen LogP contribution in [0.15, 0.2) is 33.9 Å². The number of alkyl halides is 2. The van der Waals surface area contributed by atoms with E-state index in [0.717, 1.165) is 0 Å². The Morgan fingerprint density at radius 3 is 2.71 bits per heavy atom. The van der Waals surface area contributed by atoms with Crippen LogP contribution in [0.25, 0.3) is 11.5 Å². The molecule has 3 heterocycles. The SMILES string of the molecule is COc1ncn(Cc2ccc(-c3nnc(C(F)F)o3)cn2)c(=O)n1. The van der Waals surface area contributed by atoms with Gasteiger partial charge in [0, 0.05) is 6.20 Å². The highest BCUT2D eigenvalue weighted by Gasteiger charge is 2.17. The van der Waals surface area contributed by atoms with Crippen LogP contribution in [0.3, 0.4) is 0 Å². The molecule has 0 atom stereocenters. The fourth-order valence-electron chi connectivity index (χ4n) is 1.81. The number of ether oxygens (including phenoxy) is 1. The normalized spacial score (nSPS) is 11.0. The Morgan fingerprint density at radius 2 is 2.12 bits per heavy atom. The molecule has 0 aliphatic carbocycles. The van der Waals surface area contributed by atoms with E-state index in [1.165, 1.54) is 24.2 Å². The molecule has 11 heteroatoms. The first-order chi connectivity index (χ1) is 11.6. The van der Waals surface area contributed by atoms with Crippen LogP contribution in [0.2, 0.25) is 0 Å². The van der Waals surface area contributed by atoms with E-state index in [4.69, 9.17) is 9.15 Å². The summed E-state index contributed by atoms with van der Waals surface area (Å²) >= 11 is 0. The first kappa shape index (κ1) is 15.6. The van der Waals surface area contributed by atoms with Crippen molar-refractivity contribution < 1.29 is 17.9 Å². The van der Waals surface area contributed by atoms with Gasteiger partial charge in [-0.1, -0.05) is 0 Å². The summed E-state index contributed by atoms with van der Waals surface area (Å²) in [5, 5.41) is 6.77. The van der Waals surface area contributed by atoms with Crippen molar-refractivity contribution in [3.63, 3.8) is 0 Å². The molecule has 0 amide bonds. The minimum atomic E-state index is -2.83. The van der Waals surface area contributed by atoms with Crippen LogP contribution in [-0.4, -0.2) is 36.8 Å². The molecule has 0 saturated heterocycles. The van der Waals surface area contributed by atoms with Crippen LogP contribution in [-0.2, 0) is 6.54 Å². The third-order valence-corrected chi connectivity index (χ3v) is 2.96. The zero-order chi connectivity index (χ0) is 17.1. The highest BCUT2D eigenvalue weighted by atomic mass is 19.3. The Kier molecular flexibility index (Phi) is 4.22. The lowest BCUT2D eigenvalue weighted by molar-refractivity contribution is 0.116. The first-order valence-corrected chi connectivity index (χ1v) is 6.61. The summed E-state index contributed by atoms with van der Waals surface area (Å²) in [6.45, 7) is 0.134. The minimum absolute atomic E-state index is 0.0224. The number of halogens is 2. The molecular weight excluding hydrogens is 326 g/mol. The molecule has 0 spiro atoms. The molecule has 0 saturated carbocycles. The van der Waals surface area contributed by atoms with Crippen molar-refractivity contribution in [3.8, 4) is 17.5 Å². The largest absolute Gasteiger partial charge is 0.467 e. The summed E-state index contributed by atoms with van der Waals surface area (Å²) in [7, 11) is 1.36. The van der Waals surface area contributed by atoms with Crippen LogP contribution in [0.1, 0.15) is 18.0 Å². The third-order valence-electron chi connectivity index (χ3n) is 2.96. The second kappa shape index (κ2) is 6.48. The molecule has 0 unspecified atom stereocenters. The van der Waals surface area contributed by atoms with Gasteiger partial charge in [0.05, 0.1) is 24.9 Å². The van der Waals surface area contributed by atoms with Gasteiger partial charge in [-0.05, 0) is 12.1 Å². The highest BCUT2D eigenvalue weighted by Crippen LogP contribution is 2.22. The van der Waals surface area contributed by atoms with E-state index in [1.807, 2.05) is 0 Å². The molecular formula is C13H10F2N6O3. The Labute approximate surface area is 133 Å². The van der Waals surface area contributed by atoms with Crippen LogP contribution in [0.5, 0.6) is 6.01 Å². The predicted octanol–water partition coefficient (Wildman–Crippen LogP) is 1.08. The number of rotatable bonds is 5. The topological polar surface area (TPSA) is 109 Å². The van der Waals surface area contributed by atoms with Crippen molar-refractivity contribution in [1.82, 2.24) is 29.7 Å². The van der Waals surface area contributed by atoms with E-state index in [1.54, 1.807) is 12.1 Å². The number of pyridine rings is 1. The molecule has 0 radical (unpaired) electrons. The zero-order valence-corrected chi connectivity index (χ0v) is 12.3. The summed E-state index contributed by atoms with van der Waals surface area (Å²) in [5.41, 5.74) is 0.380. The molecule has 0 bridgehead atoms. The summed E-state index contributed by atoms with van der Waals surface area (Å²) in [5.74, 6) is -0.815. The van der Waals surface area contributed by atoms with Gasteiger partial charge in [0.1, 0.15) is 6.33 Å². The fraction of sp³-hybridized carbons (Fsp3) is 0.231. The number of methoxy groups -OCH3 is 1. The second-order valence-electron chi connectivity index (χ2n) is 4.54. The van der Waals surface area contributed by atoms with Crippen molar-refractivity contribution in [2.45, 2.75) is 13.0 Å². The van der Waals surface area contributed by atoms with Gasteiger partial charge >= 0.3 is 18.1 Å². The van der Waals surface area contributed by atoms with Gasteiger partial charge in [0.15, 0.2) is 0 Å². The molecule has 0 fully saturated rings. The Balaban J connectivity index is 1.78. The van der Waals surface area contributed by atoms with Gasteiger partial charge in [-0.15, -0.1) is 15.2 Å². The number of nitrogens with zero attached hydrogens (tertiary/aromatic N) is 6. The Bertz CT molecular complexity index is 893. The maximum atomic E-state index is 12.4. The monoisotopic (exact) mass is 336 g/mol. The Morgan fingerprint density at radius 1 is 1.29 bits per heavy atom. The van der Waals surface area contributed by atoms with Crippen molar-refractivity contribution in [3.05, 3.63) is 46.7 Å². The molecule has 0 aliphatic heterocycles. The van der Waals surface area contributed by atoms with Gasteiger partial charge in [0.25, 0.3) is 5.89 Å². The van der Waals surface area contributed by atoms with Gasteiger partial charge in [-0.3, -0.25) is 9.55 Å². The van der Waals surface area contributed by atoms with E-state index in [9.17, 15) is 13.6 Å². The van der Waals surface area contributed by atoms with Gasteiger partial charge < -0.3 is 9.15 Å².